The Bertz CT molecular complexity index is 382. The van der Waals surface area contributed by atoms with Gasteiger partial charge in [-0.2, -0.15) is 0 Å². The molecule has 0 saturated heterocycles. The fourth-order valence-electron chi connectivity index (χ4n) is 1.63. The van der Waals surface area contributed by atoms with Crippen LogP contribution in [0.5, 0.6) is 0 Å². The SMILES string of the molecule is NCCCCCC(=O)Cc1cccc(F)c1Br. The summed E-state index contributed by atoms with van der Waals surface area (Å²) in [6.45, 7) is 0.670. The van der Waals surface area contributed by atoms with Crippen LogP contribution in [0.15, 0.2) is 22.7 Å². The Balaban J connectivity index is 2.43. The molecule has 4 heteroatoms. The van der Waals surface area contributed by atoms with Crippen LogP contribution in [0, 0.1) is 5.82 Å². The van der Waals surface area contributed by atoms with Gasteiger partial charge in [-0.25, -0.2) is 4.39 Å². The molecule has 1 aromatic carbocycles. The third-order valence-electron chi connectivity index (χ3n) is 2.58. The molecule has 0 bridgehead atoms. The van der Waals surface area contributed by atoms with Crippen LogP contribution in [0.1, 0.15) is 31.2 Å². The number of Topliss-reactive ketones (excluding diaryl/α,β-unsaturated/α-hetero) is 1. The van der Waals surface area contributed by atoms with E-state index in [1.54, 1.807) is 12.1 Å². The average Bonchev–Trinajstić information content (AvgIpc) is 2.31. The summed E-state index contributed by atoms with van der Waals surface area (Å²) >= 11 is 3.16. The number of benzene rings is 1. The molecule has 0 aliphatic heterocycles. The summed E-state index contributed by atoms with van der Waals surface area (Å²) in [7, 11) is 0. The van der Waals surface area contributed by atoms with E-state index in [0.717, 1.165) is 19.3 Å². The second kappa shape index (κ2) is 7.56. The quantitative estimate of drug-likeness (QED) is 0.786. The second-order valence-electron chi connectivity index (χ2n) is 4.03. The summed E-state index contributed by atoms with van der Waals surface area (Å²) in [6.07, 6.45) is 3.64. The summed E-state index contributed by atoms with van der Waals surface area (Å²) in [4.78, 5) is 11.7. The maximum atomic E-state index is 13.2. The van der Waals surface area contributed by atoms with Gasteiger partial charge in [-0.15, -0.1) is 0 Å². The first-order valence-electron chi connectivity index (χ1n) is 5.80. The van der Waals surface area contributed by atoms with Crippen LogP contribution in [0.3, 0.4) is 0 Å². The molecule has 0 spiro atoms. The number of hydrogen-bond acceptors (Lipinski definition) is 2. The molecule has 0 atom stereocenters. The molecular formula is C13H17BrFNO. The van der Waals surface area contributed by atoms with E-state index in [1.807, 2.05) is 0 Å². The van der Waals surface area contributed by atoms with Gasteiger partial charge < -0.3 is 5.73 Å². The molecular weight excluding hydrogens is 285 g/mol. The molecule has 1 rings (SSSR count). The summed E-state index contributed by atoms with van der Waals surface area (Å²) in [5, 5.41) is 0. The van der Waals surface area contributed by atoms with E-state index in [0.29, 0.717) is 29.4 Å². The van der Waals surface area contributed by atoms with Gasteiger partial charge >= 0.3 is 0 Å². The van der Waals surface area contributed by atoms with Crippen LogP contribution in [0.25, 0.3) is 0 Å². The molecule has 2 N–H and O–H groups in total. The van der Waals surface area contributed by atoms with Crippen molar-refractivity contribution in [2.75, 3.05) is 6.54 Å². The van der Waals surface area contributed by atoms with E-state index in [1.165, 1.54) is 6.07 Å². The van der Waals surface area contributed by atoms with Crippen molar-refractivity contribution < 1.29 is 9.18 Å². The second-order valence-corrected chi connectivity index (χ2v) is 4.82. The topological polar surface area (TPSA) is 43.1 Å². The van der Waals surface area contributed by atoms with Gasteiger partial charge in [0.25, 0.3) is 0 Å². The maximum Gasteiger partial charge on any atom is 0.137 e. The lowest BCUT2D eigenvalue weighted by Crippen LogP contribution is -2.04. The van der Waals surface area contributed by atoms with Crippen molar-refractivity contribution >= 4 is 21.7 Å². The van der Waals surface area contributed by atoms with Crippen molar-refractivity contribution in [3.63, 3.8) is 0 Å². The highest BCUT2D eigenvalue weighted by Crippen LogP contribution is 2.21. The highest BCUT2D eigenvalue weighted by molar-refractivity contribution is 9.10. The third-order valence-corrected chi connectivity index (χ3v) is 3.47. The normalized spacial score (nSPS) is 10.5. The Morgan fingerprint density at radius 1 is 1.29 bits per heavy atom. The van der Waals surface area contributed by atoms with Crippen molar-refractivity contribution in [1.82, 2.24) is 0 Å². The predicted molar refractivity (Wildman–Crippen MR) is 70.3 cm³/mol. The first kappa shape index (κ1) is 14.3. The summed E-state index contributed by atoms with van der Waals surface area (Å²) in [5.41, 5.74) is 6.09. The van der Waals surface area contributed by atoms with Crippen molar-refractivity contribution in [3.05, 3.63) is 34.1 Å². The van der Waals surface area contributed by atoms with Crippen molar-refractivity contribution in [2.45, 2.75) is 32.1 Å². The fraction of sp³-hybridized carbons (Fsp3) is 0.462. The number of unbranched alkanes of at least 4 members (excludes halogenated alkanes) is 2. The molecule has 0 unspecified atom stereocenters. The Morgan fingerprint density at radius 3 is 2.76 bits per heavy atom. The Labute approximate surface area is 110 Å². The lowest BCUT2D eigenvalue weighted by atomic mass is 10.0. The zero-order valence-corrected chi connectivity index (χ0v) is 11.3. The lowest BCUT2D eigenvalue weighted by molar-refractivity contribution is -0.118. The van der Waals surface area contributed by atoms with Gasteiger partial charge in [0, 0.05) is 12.8 Å². The molecule has 0 aliphatic rings. The number of nitrogens with two attached hydrogens (primary N) is 1. The van der Waals surface area contributed by atoms with Crippen LogP contribution in [0.4, 0.5) is 4.39 Å². The number of carbonyl (C=O) groups is 1. The van der Waals surface area contributed by atoms with Gasteiger partial charge in [0.1, 0.15) is 11.6 Å². The largest absolute Gasteiger partial charge is 0.330 e. The predicted octanol–water partition coefficient (Wildman–Crippen LogP) is 3.22. The first-order chi connectivity index (χ1) is 8.15. The first-order valence-corrected chi connectivity index (χ1v) is 6.59. The third kappa shape index (κ3) is 4.96. The molecule has 0 saturated carbocycles. The van der Waals surface area contributed by atoms with E-state index in [2.05, 4.69) is 15.9 Å². The van der Waals surface area contributed by atoms with Gasteiger partial charge in [-0.1, -0.05) is 18.6 Å². The van der Waals surface area contributed by atoms with Crippen molar-refractivity contribution in [1.29, 1.82) is 0 Å². The van der Waals surface area contributed by atoms with E-state index in [9.17, 15) is 9.18 Å². The lowest BCUT2D eigenvalue weighted by Gasteiger charge is -2.04. The average molecular weight is 302 g/mol. The molecule has 94 valence electrons. The molecule has 17 heavy (non-hydrogen) atoms. The van der Waals surface area contributed by atoms with E-state index in [-0.39, 0.29) is 11.6 Å². The molecule has 0 heterocycles. The number of ketones is 1. The van der Waals surface area contributed by atoms with Crippen molar-refractivity contribution in [3.8, 4) is 0 Å². The number of rotatable bonds is 7. The Kier molecular flexibility index (Phi) is 6.37. The van der Waals surface area contributed by atoms with E-state index >= 15 is 0 Å². The fourth-order valence-corrected chi connectivity index (χ4v) is 2.03. The molecule has 0 aliphatic carbocycles. The zero-order valence-electron chi connectivity index (χ0n) is 9.72. The van der Waals surface area contributed by atoms with Crippen LogP contribution >= 0.6 is 15.9 Å². The minimum atomic E-state index is -0.321. The van der Waals surface area contributed by atoms with Gasteiger partial charge in [-0.05, 0) is 46.9 Å². The number of hydrogen-bond donors (Lipinski definition) is 1. The monoisotopic (exact) mass is 301 g/mol. The Morgan fingerprint density at radius 2 is 2.06 bits per heavy atom. The Hall–Kier alpha value is -0.740. The molecule has 0 radical (unpaired) electrons. The molecule has 0 amide bonds. The van der Waals surface area contributed by atoms with Crippen LogP contribution in [0.2, 0.25) is 0 Å². The van der Waals surface area contributed by atoms with Crippen LogP contribution in [-0.2, 0) is 11.2 Å². The molecule has 0 fully saturated rings. The van der Waals surface area contributed by atoms with Gasteiger partial charge in [-0.3, -0.25) is 4.79 Å². The summed E-state index contributed by atoms with van der Waals surface area (Å²) in [6, 6.07) is 4.77. The van der Waals surface area contributed by atoms with Gasteiger partial charge in [0.2, 0.25) is 0 Å². The van der Waals surface area contributed by atoms with E-state index < -0.39 is 0 Å². The minimum Gasteiger partial charge on any atom is -0.330 e. The smallest absolute Gasteiger partial charge is 0.137 e. The van der Waals surface area contributed by atoms with Crippen LogP contribution < -0.4 is 5.73 Å². The highest BCUT2D eigenvalue weighted by Gasteiger charge is 2.09. The van der Waals surface area contributed by atoms with E-state index in [4.69, 9.17) is 5.73 Å². The zero-order chi connectivity index (χ0) is 12.7. The molecule has 0 aromatic heterocycles. The summed E-state index contributed by atoms with van der Waals surface area (Å²) < 4.78 is 13.6. The number of halogens is 2. The van der Waals surface area contributed by atoms with Gasteiger partial charge in [0.15, 0.2) is 0 Å². The molecule has 1 aromatic rings. The summed E-state index contributed by atoms with van der Waals surface area (Å²) in [5.74, 6) is -0.174. The van der Waals surface area contributed by atoms with Gasteiger partial charge in [0.05, 0.1) is 4.47 Å². The molecule has 2 nitrogen and oxygen atoms in total. The number of carbonyl (C=O) groups excluding carboxylic acids is 1. The van der Waals surface area contributed by atoms with Crippen LogP contribution in [-0.4, -0.2) is 12.3 Å². The minimum absolute atomic E-state index is 0.147. The van der Waals surface area contributed by atoms with Crippen molar-refractivity contribution in [2.24, 2.45) is 5.73 Å². The highest BCUT2D eigenvalue weighted by atomic mass is 79.9. The maximum absolute atomic E-state index is 13.2. The standard InChI is InChI=1S/C13H17BrFNO/c14-13-10(5-4-7-12(13)15)9-11(17)6-2-1-3-8-16/h4-5,7H,1-3,6,8-9,16H2.